The maximum atomic E-state index is 4.96. The molecule has 0 bridgehead atoms. The molecule has 4 aromatic rings. The van der Waals surface area contributed by atoms with Gasteiger partial charge in [0.05, 0.1) is 17.2 Å². The lowest BCUT2D eigenvalue weighted by Gasteiger charge is -2.14. The van der Waals surface area contributed by atoms with Crippen molar-refractivity contribution in [2.45, 2.75) is 13.3 Å². The molecule has 0 unspecified atom stereocenters. The van der Waals surface area contributed by atoms with Gasteiger partial charge in [0.25, 0.3) is 0 Å². The van der Waals surface area contributed by atoms with Gasteiger partial charge in [-0.15, -0.1) is 12.8 Å². The van der Waals surface area contributed by atoms with Gasteiger partial charge in [0.15, 0.2) is 0 Å². The standard InChI is InChI=1S/C29H32N6.C2H2/c1-6-20(19-35(4)5)14-21(7-2)23-8-9-26(30-3)24(15-23)16-28-33-27-18-32-17-25(29(27)34-28)22-10-12-31-13-11-22;1-2/h6-15,17-18,30H,1,16,19H2,2-5H3,(H,33,34);1-2H/b20-14+,21-7+;. The highest BCUT2D eigenvalue weighted by molar-refractivity contribution is 5.91. The molecule has 0 radical (unpaired) electrons. The lowest BCUT2D eigenvalue weighted by Crippen LogP contribution is -2.14. The predicted octanol–water partition coefficient (Wildman–Crippen LogP) is 5.98. The first-order chi connectivity index (χ1) is 18.0. The second kappa shape index (κ2) is 13.0. The van der Waals surface area contributed by atoms with Crippen molar-refractivity contribution in [2.75, 3.05) is 33.0 Å². The molecule has 0 aliphatic rings. The van der Waals surface area contributed by atoms with Crippen molar-refractivity contribution in [3.05, 3.63) is 102 Å². The number of nitrogens with zero attached hydrogens (tertiary/aromatic N) is 4. The monoisotopic (exact) mass is 490 g/mol. The van der Waals surface area contributed by atoms with E-state index in [-0.39, 0.29) is 0 Å². The normalized spacial score (nSPS) is 11.8. The van der Waals surface area contributed by atoms with Crippen molar-refractivity contribution in [3.63, 3.8) is 0 Å². The summed E-state index contributed by atoms with van der Waals surface area (Å²) in [5.41, 5.74) is 9.64. The summed E-state index contributed by atoms with van der Waals surface area (Å²) in [4.78, 5) is 19.1. The average Bonchev–Trinajstić information content (AvgIpc) is 3.35. The molecule has 2 N–H and O–H groups in total. The number of imidazole rings is 1. The number of anilines is 1. The molecule has 0 saturated heterocycles. The third kappa shape index (κ3) is 6.60. The minimum absolute atomic E-state index is 0.668. The Labute approximate surface area is 219 Å². The number of rotatable bonds is 9. The number of terminal acetylenes is 1. The van der Waals surface area contributed by atoms with Crippen LogP contribution in [0.1, 0.15) is 23.9 Å². The number of benzene rings is 1. The van der Waals surface area contributed by atoms with Crippen molar-refractivity contribution in [1.82, 2.24) is 24.8 Å². The first-order valence-corrected chi connectivity index (χ1v) is 12.0. The first kappa shape index (κ1) is 27.1. The van der Waals surface area contributed by atoms with Gasteiger partial charge in [-0.1, -0.05) is 30.9 Å². The van der Waals surface area contributed by atoms with E-state index >= 15 is 0 Å². The molecule has 1 aromatic carbocycles. The average molecular weight is 491 g/mol. The highest BCUT2D eigenvalue weighted by Crippen LogP contribution is 2.29. The molecule has 0 aliphatic carbocycles. The number of nitrogens with one attached hydrogen (secondary N) is 2. The van der Waals surface area contributed by atoms with Gasteiger partial charge in [0.2, 0.25) is 0 Å². The van der Waals surface area contributed by atoms with Crippen LogP contribution in [0.25, 0.3) is 27.7 Å². The van der Waals surface area contributed by atoms with Gasteiger partial charge in [-0.2, -0.15) is 0 Å². The highest BCUT2D eigenvalue weighted by Gasteiger charge is 2.13. The number of hydrogen-bond donors (Lipinski definition) is 2. The number of allylic oxidation sites excluding steroid dienone is 3. The van der Waals surface area contributed by atoms with E-state index in [1.54, 1.807) is 12.4 Å². The molecule has 0 atom stereocenters. The Morgan fingerprint density at radius 2 is 1.86 bits per heavy atom. The minimum Gasteiger partial charge on any atom is -0.388 e. The molecule has 188 valence electrons. The van der Waals surface area contributed by atoms with Crippen LogP contribution in [0.4, 0.5) is 5.69 Å². The Morgan fingerprint density at radius 3 is 2.51 bits per heavy atom. The number of likely N-dealkylation sites (N-methyl/N-ethyl adjacent to an activating group) is 1. The predicted molar refractivity (Wildman–Crippen MR) is 156 cm³/mol. The second-order valence-corrected chi connectivity index (χ2v) is 8.71. The first-order valence-electron chi connectivity index (χ1n) is 12.0. The molecule has 6 nitrogen and oxygen atoms in total. The quantitative estimate of drug-likeness (QED) is 0.223. The van der Waals surface area contributed by atoms with Crippen molar-refractivity contribution < 1.29 is 0 Å². The molecule has 0 aliphatic heterocycles. The van der Waals surface area contributed by atoms with Crippen LogP contribution in [0.3, 0.4) is 0 Å². The van der Waals surface area contributed by atoms with E-state index in [1.807, 2.05) is 37.7 Å². The van der Waals surface area contributed by atoms with Gasteiger partial charge < -0.3 is 15.2 Å². The van der Waals surface area contributed by atoms with E-state index in [2.05, 4.69) is 96.0 Å². The highest BCUT2D eigenvalue weighted by atomic mass is 15.0. The van der Waals surface area contributed by atoms with Crippen molar-refractivity contribution in [2.24, 2.45) is 0 Å². The summed E-state index contributed by atoms with van der Waals surface area (Å²) >= 11 is 0. The summed E-state index contributed by atoms with van der Waals surface area (Å²) in [5, 5.41) is 3.33. The molecule has 0 spiro atoms. The number of H-pyrrole nitrogens is 1. The Morgan fingerprint density at radius 1 is 1.11 bits per heavy atom. The largest absolute Gasteiger partial charge is 0.388 e. The molecule has 4 rings (SSSR count). The number of fused-ring (bicyclic) bond motifs is 1. The second-order valence-electron chi connectivity index (χ2n) is 8.71. The molecule has 0 amide bonds. The zero-order valence-corrected chi connectivity index (χ0v) is 22.0. The van der Waals surface area contributed by atoms with E-state index in [4.69, 9.17) is 4.98 Å². The summed E-state index contributed by atoms with van der Waals surface area (Å²) in [6, 6.07) is 10.5. The zero-order chi connectivity index (χ0) is 26.8. The van der Waals surface area contributed by atoms with Gasteiger partial charge in [0.1, 0.15) is 5.82 Å². The fourth-order valence-electron chi connectivity index (χ4n) is 4.22. The van der Waals surface area contributed by atoms with Crippen LogP contribution in [0.5, 0.6) is 0 Å². The van der Waals surface area contributed by atoms with Crippen molar-refractivity contribution in [1.29, 1.82) is 0 Å². The van der Waals surface area contributed by atoms with E-state index in [0.29, 0.717) is 6.42 Å². The summed E-state index contributed by atoms with van der Waals surface area (Å²) in [6.07, 6.45) is 22.2. The van der Waals surface area contributed by atoms with E-state index in [0.717, 1.165) is 45.8 Å². The molecule has 6 heteroatoms. The molecule has 3 heterocycles. The smallest absolute Gasteiger partial charge is 0.111 e. The van der Waals surface area contributed by atoms with Gasteiger partial charge in [0, 0.05) is 49.9 Å². The third-order valence-corrected chi connectivity index (χ3v) is 5.91. The van der Waals surface area contributed by atoms with Crippen LogP contribution in [-0.2, 0) is 6.42 Å². The third-order valence-electron chi connectivity index (χ3n) is 5.91. The van der Waals surface area contributed by atoms with Gasteiger partial charge in [-0.05, 0) is 73.1 Å². The molecule has 0 fully saturated rings. The molecule has 0 saturated carbocycles. The topological polar surface area (TPSA) is 69.7 Å². The van der Waals surface area contributed by atoms with Crippen molar-refractivity contribution >= 4 is 22.3 Å². The minimum atomic E-state index is 0.668. The summed E-state index contributed by atoms with van der Waals surface area (Å²) < 4.78 is 0. The Bertz CT molecular complexity index is 1420. The molecular weight excluding hydrogens is 456 g/mol. The van der Waals surface area contributed by atoms with Gasteiger partial charge >= 0.3 is 0 Å². The van der Waals surface area contributed by atoms with E-state index < -0.39 is 0 Å². The van der Waals surface area contributed by atoms with Crippen LogP contribution in [-0.4, -0.2) is 52.5 Å². The lowest BCUT2D eigenvalue weighted by atomic mass is 9.98. The van der Waals surface area contributed by atoms with Crippen LogP contribution < -0.4 is 5.32 Å². The zero-order valence-electron chi connectivity index (χ0n) is 22.0. The summed E-state index contributed by atoms with van der Waals surface area (Å²) in [7, 11) is 6.08. The summed E-state index contributed by atoms with van der Waals surface area (Å²) in [6.45, 7) is 6.90. The van der Waals surface area contributed by atoms with Gasteiger partial charge in [-0.3, -0.25) is 9.97 Å². The van der Waals surface area contributed by atoms with E-state index in [9.17, 15) is 0 Å². The molecule has 37 heavy (non-hydrogen) atoms. The SMILES string of the molecule is C#C.C=C/C(=C\C(=C/C)c1ccc(NC)c(Cc2nc3c(-c4ccncc4)cncc3[nH]2)c1)CN(C)C. The number of hydrogen-bond acceptors (Lipinski definition) is 5. The van der Waals surface area contributed by atoms with Crippen LogP contribution >= 0.6 is 0 Å². The van der Waals surface area contributed by atoms with Crippen LogP contribution in [0.15, 0.2) is 85.5 Å². The van der Waals surface area contributed by atoms with Crippen LogP contribution in [0, 0.1) is 12.8 Å². The van der Waals surface area contributed by atoms with Gasteiger partial charge in [-0.25, -0.2) is 4.98 Å². The number of pyridine rings is 2. The summed E-state index contributed by atoms with van der Waals surface area (Å²) in [5.74, 6) is 0.897. The Balaban J connectivity index is 0.00000186. The van der Waals surface area contributed by atoms with E-state index in [1.165, 1.54) is 16.7 Å². The lowest BCUT2D eigenvalue weighted by molar-refractivity contribution is 0.449. The Kier molecular flexibility index (Phi) is 9.54. The maximum absolute atomic E-state index is 4.96. The fraction of sp³-hybridized carbons (Fsp3) is 0.194. The number of aromatic nitrogens is 4. The molecular formula is C31H34N6. The van der Waals surface area contributed by atoms with Crippen LogP contribution in [0.2, 0.25) is 0 Å². The number of aromatic amines is 1. The van der Waals surface area contributed by atoms with Crippen molar-refractivity contribution in [3.8, 4) is 24.0 Å². The Hall–Kier alpha value is -4.47. The maximum Gasteiger partial charge on any atom is 0.111 e. The fourth-order valence-corrected chi connectivity index (χ4v) is 4.22. The molecule has 3 aromatic heterocycles.